The van der Waals surface area contributed by atoms with Gasteiger partial charge in [-0.15, -0.1) is 0 Å². The summed E-state index contributed by atoms with van der Waals surface area (Å²) in [7, 11) is 0. The van der Waals surface area contributed by atoms with Gasteiger partial charge < -0.3 is 10.8 Å². The van der Waals surface area contributed by atoms with Crippen LogP contribution in [0.1, 0.15) is 33.1 Å². The predicted molar refractivity (Wildman–Crippen MR) is 54.6 cm³/mol. The lowest BCUT2D eigenvalue weighted by Gasteiger charge is -2.41. The summed E-state index contributed by atoms with van der Waals surface area (Å²) in [5.74, 6) is 0. The third-order valence-corrected chi connectivity index (χ3v) is 3.17. The molecular formula is C10H22N2O. The third kappa shape index (κ3) is 2.66. The lowest BCUT2D eigenvalue weighted by atomic mass is 9.90. The number of hydrogen-bond acceptors (Lipinski definition) is 3. The van der Waals surface area contributed by atoms with Crippen molar-refractivity contribution in [3.05, 3.63) is 0 Å². The molecule has 1 fully saturated rings. The van der Waals surface area contributed by atoms with Gasteiger partial charge in [0.05, 0.1) is 12.1 Å². The molecule has 13 heavy (non-hydrogen) atoms. The van der Waals surface area contributed by atoms with E-state index in [1.165, 1.54) is 0 Å². The molecule has 0 spiro atoms. The van der Waals surface area contributed by atoms with Gasteiger partial charge in [0.2, 0.25) is 0 Å². The van der Waals surface area contributed by atoms with Crippen LogP contribution >= 0.6 is 0 Å². The molecule has 0 aliphatic carbocycles. The van der Waals surface area contributed by atoms with E-state index in [1.807, 2.05) is 0 Å². The maximum absolute atomic E-state index is 9.17. The Bertz CT molecular complexity index is 163. The van der Waals surface area contributed by atoms with Gasteiger partial charge in [-0.1, -0.05) is 6.92 Å². The largest absolute Gasteiger partial charge is 0.394 e. The van der Waals surface area contributed by atoms with Crippen molar-refractivity contribution in [2.75, 3.05) is 19.7 Å². The van der Waals surface area contributed by atoms with Gasteiger partial charge in [-0.3, -0.25) is 4.90 Å². The molecular weight excluding hydrogens is 164 g/mol. The number of aliphatic hydroxyl groups excluding tert-OH is 1. The Balaban J connectivity index is 2.51. The second-order valence-corrected chi connectivity index (χ2v) is 4.35. The van der Waals surface area contributed by atoms with Crippen LogP contribution < -0.4 is 5.73 Å². The summed E-state index contributed by atoms with van der Waals surface area (Å²) in [6.45, 7) is 6.51. The van der Waals surface area contributed by atoms with E-state index in [-0.39, 0.29) is 12.1 Å². The van der Waals surface area contributed by atoms with Crippen molar-refractivity contribution in [2.45, 2.75) is 44.7 Å². The molecule has 1 heterocycles. The normalized spacial score (nSPS) is 33.2. The molecule has 0 bridgehead atoms. The number of hydrogen-bond donors (Lipinski definition) is 2. The molecule has 2 unspecified atom stereocenters. The summed E-state index contributed by atoms with van der Waals surface area (Å²) in [5.41, 5.74) is 5.70. The topological polar surface area (TPSA) is 49.5 Å². The number of nitrogens with two attached hydrogens (primary N) is 1. The van der Waals surface area contributed by atoms with Crippen LogP contribution in [0.15, 0.2) is 0 Å². The molecule has 0 radical (unpaired) electrons. The molecule has 3 nitrogen and oxygen atoms in total. The standard InChI is InChI=1S/C10H22N2O/c1-3-9(2)12-6-4-5-10(11,7-12)8-13/h9,13H,3-8,11H2,1-2H3. The first-order valence-corrected chi connectivity index (χ1v) is 5.25. The molecule has 0 aromatic carbocycles. The highest BCUT2D eigenvalue weighted by Crippen LogP contribution is 2.20. The molecule has 0 saturated carbocycles. The fourth-order valence-corrected chi connectivity index (χ4v) is 1.96. The van der Waals surface area contributed by atoms with Gasteiger partial charge in [0, 0.05) is 12.6 Å². The average molecular weight is 186 g/mol. The smallest absolute Gasteiger partial charge is 0.0623 e. The van der Waals surface area contributed by atoms with E-state index in [9.17, 15) is 5.11 Å². The summed E-state index contributed by atoms with van der Waals surface area (Å²) in [6.07, 6.45) is 3.22. The van der Waals surface area contributed by atoms with E-state index >= 15 is 0 Å². The lowest BCUT2D eigenvalue weighted by molar-refractivity contribution is 0.0704. The second-order valence-electron chi connectivity index (χ2n) is 4.35. The zero-order chi connectivity index (χ0) is 9.90. The Morgan fingerprint density at radius 1 is 1.62 bits per heavy atom. The van der Waals surface area contributed by atoms with Crippen LogP contribution in [-0.2, 0) is 0 Å². The van der Waals surface area contributed by atoms with E-state index in [4.69, 9.17) is 5.73 Å². The van der Waals surface area contributed by atoms with E-state index in [0.29, 0.717) is 6.04 Å². The highest BCUT2D eigenvalue weighted by molar-refractivity contribution is 4.92. The van der Waals surface area contributed by atoms with Crippen molar-refractivity contribution in [1.29, 1.82) is 0 Å². The second kappa shape index (κ2) is 4.40. The summed E-state index contributed by atoms with van der Waals surface area (Å²) in [6, 6.07) is 0.592. The third-order valence-electron chi connectivity index (χ3n) is 3.17. The first kappa shape index (κ1) is 11.0. The van der Waals surface area contributed by atoms with Crippen molar-refractivity contribution < 1.29 is 5.11 Å². The summed E-state index contributed by atoms with van der Waals surface area (Å²) in [5, 5.41) is 9.17. The minimum atomic E-state index is -0.346. The van der Waals surface area contributed by atoms with Crippen molar-refractivity contribution in [1.82, 2.24) is 4.90 Å². The number of nitrogens with zero attached hydrogens (tertiary/aromatic N) is 1. The highest BCUT2D eigenvalue weighted by atomic mass is 16.3. The summed E-state index contributed by atoms with van der Waals surface area (Å²) >= 11 is 0. The van der Waals surface area contributed by atoms with Crippen molar-refractivity contribution in [3.8, 4) is 0 Å². The summed E-state index contributed by atoms with van der Waals surface area (Å²) < 4.78 is 0. The van der Waals surface area contributed by atoms with Crippen LogP contribution in [0.5, 0.6) is 0 Å². The zero-order valence-electron chi connectivity index (χ0n) is 8.79. The maximum atomic E-state index is 9.17. The molecule has 1 rings (SSSR count). The Labute approximate surface area is 80.9 Å². The molecule has 3 N–H and O–H groups in total. The first-order valence-electron chi connectivity index (χ1n) is 5.25. The van der Waals surface area contributed by atoms with Crippen LogP contribution in [0.4, 0.5) is 0 Å². The molecule has 78 valence electrons. The monoisotopic (exact) mass is 186 g/mol. The van der Waals surface area contributed by atoms with Crippen LogP contribution in [0.25, 0.3) is 0 Å². The van der Waals surface area contributed by atoms with Gasteiger partial charge in [-0.2, -0.15) is 0 Å². The van der Waals surface area contributed by atoms with Gasteiger partial charge >= 0.3 is 0 Å². The number of rotatable bonds is 3. The Kier molecular flexibility index (Phi) is 3.71. The highest BCUT2D eigenvalue weighted by Gasteiger charge is 2.32. The number of likely N-dealkylation sites (tertiary alicyclic amines) is 1. The minimum absolute atomic E-state index is 0.111. The fraction of sp³-hybridized carbons (Fsp3) is 1.00. The zero-order valence-corrected chi connectivity index (χ0v) is 8.79. The molecule has 0 aromatic rings. The minimum Gasteiger partial charge on any atom is -0.394 e. The van der Waals surface area contributed by atoms with Gasteiger partial charge in [0.1, 0.15) is 0 Å². The van der Waals surface area contributed by atoms with Gasteiger partial charge in [0.25, 0.3) is 0 Å². The fourth-order valence-electron chi connectivity index (χ4n) is 1.96. The van der Waals surface area contributed by atoms with Crippen molar-refractivity contribution >= 4 is 0 Å². The maximum Gasteiger partial charge on any atom is 0.0623 e. The number of piperidine rings is 1. The van der Waals surface area contributed by atoms with Crippen LogP contribution in [0, 0.1) is 0 Å². The van der Waals surface area contributed by atoms with Crippen molar-refractivity contribution in [2.24, 2.45) is 5.73 Å². The van der Waals surface area contributed by atoms with E-state index < -0.39 is 0 Å². The molecule has 0 aromatic heterocycles. The Morgan fingerprint density at radius 3 is 2.85 bits per heavy atom. The molecule has 1 aliphatic heterocycles. The summed E-state index contributed by atoms with van der Waals surface area (Å²) in [4.78, 5) is 2.39. The van der Waals surface area contributed by atoms with Crippen LogP contribution in [0.2, 0.25) is 0 Å². The van der Waals surface area contributed by atoms with E-state index in [2.05, 4.69) is 18.7 Å². The SMILES string of the molecule is CCC(C)N1CCCC(N)(CO)C1. The Morgan fingerprint density at radius 2 is 2.31 bits per heavy atom. The Hall–Kier alpha value is -0.120. The molecule has 1 aliphatic rings. The molecule has 2 atom stereocenters. The van der Waals surface area contributed by atoms with E-state index in [0.717, 1.165) is 32.4 Å². The first-order chi connectivity index (χ1) is 6.11. The van der Waals surface area contributed by atoms with Crippen molar-refractivity contribution in [3.63, 3.8) is 0 Å². The van der Waals surface area contributed by atoms with Gasteiger partial charge in [0.15, 0.2) is 0 Å². The van der Waals surface area contributed by atoms with Gasteiger partial charge in [-0.05, 0) is 32.7 Å². The molecule has 0 amide bonds. The van der Waals surface area contributed by atoms with Crippen LogP contribution in [-0.4, -0.2) is 41.3 Å². The lowest BCUT2D eigenvalue weighted by Crippen LogP contribution is -2.58. The molecule has 1 saturated heterocycles. The quantitative estimate of drug-likeness (QED) is 0.677. The van der Waals surface area contributed by atoms with Gasteiger partial charge in [-0.25, -0.2) is 0 Å². The number of aliphatic hydroxyl groups is 1. The van der Waals surface area contributed by atoms with Crippen LogP contribution in [0.3, 0.4) is 0 Å². The van der Waals surface area contributed by atoms with E-state index in [1.54, 1.807) is 0 Å². The average Bonchev–Trinajstić information content (AvgIpc) is 2.17. The molecule has 3 heteroatoms. The predicted octanol–water partition coefficient (Wildman–Crippen LogP) is 0.571.